The highest BCUT2D eigenvalue weighted by Crippen LogP contribution is 2.34. The van der Waals surface area contributed by atoms with Gasteiger partial charge in [0, 0.05) is 0 Å². The molecule has 1 aliphatic rings. The van der Waals surface area contributed by atoms with Crippen molar-refractivity contribution < 1.29 is 19.0 Å². The molecular formula is C24H24N4O4. The van der Waals surface area contributed by atoms with Gasteiger partial charge in [0.1, 0.15) is 16.9 Å². The topological polar surface area (TPSA) is 101 Å². The highest BCUT2D eigenvalue weighted by molar-refractivity contribution is 6.08. The van der Waals surface area contributed by atoms with E-state index in [1.54, 1.807) is 4.57 Å². The Labute approximate surface area is 184 Å². The fourth-order valence-corrected chi connectivity index (χ4v) is 3.76. The van der Waals surface area contributed by atoms with E-state index in [9.17, 15) is 4.79 Å². The average molecular weight is 432 g/mol. The number of para-hydroxylation sites is 2. The number of rotatable bonds is 6. The van der Waals surface area contributed by atoms with Gasteiger partial charge in [-0.2, -0.15) is 0 Å². The van der Waals surface area contributed by atoms with Gasteiger partial charge < -0.3 is 24.5 Å². The summed E-state index contributed by atoms with van der Waals surface area (Å²) in [4.78, 5) is 22.5. The summed E-state index contributed by atoms with van der Waals surface area (Å²) in [6, 6.07) is 13.2. The SMILES string of the molecule is CC(C)CCOC(=O)c1c(N)n(Cc2ccc3c(c2)OCO3)c2nc3ccccc3nc12. The maximum Gasteiger partial charge on any atom is 0.344 e. The Bertz CT molecular complexity index is 1330. The van der Waals surface area contributed by atoms with Gasteiger partial charge in [-0.15, -0.1) is 0 Å². The Morgan fingerprint density at radius 1 is 1.12 bits per heavy atom. The molecule has 2 aromatic carbocycles. The summed E-state index contributed by atoms with van der Waals surface area (Å²) >= 11 is 0. The van der Waals surface area contributed by atoms with Gasteiger partial charge in [-0.1, -0.05) is 32.0 Å². The summed E-state index contributed by atoms with van der Waals surface area (Å²) in [5, 5.41) is 0. The van der Waals surface area contributed by atoms with Gasteiger partial charge in [-0.3, -0.25) is 0 Å². The molecule has 0 saturated carbocycles. The van der Waals surface area contributed by atoms with E-state index in [0.29, 0.717) is 47.2 Å². The molecule has 0 atom stereocenters. The van der Waals surface area contributed by atoms with Gasteiger partial charge in [0.05, 0.1) is 24.2 Å². The number of hydrogen-bond donors (Lipinski definition) is 1. The van der Waals surface area contributed by atoms with Crippen LogP contribution in [0.4, 0.5) is 5.82 Å². The van der Waals surface area contributed by atoms with E-state index >= 15 is 0 Å². The molecule has 0 radical (unpaired) electrons. The van der Waals surface area contributed by atoms with Gasteiger partial charge in [-0.05, 0) is 42.2 Å². The van der Waals surface area contributed by atoms with E-state index in [4.69, 9.17) is 29.9 Å². The van der Waals surface area contributed by atoms with Crippen molar-refractivity contribution in [2.24, 2.45) is 5.92 Å². The number of ether oxygens (including phenoxy) is 3. The lowest BCUT2D eigenvalue weighted by Gasteiger charge is -2.09. The minimum absolute atomic E-state index is 0.206. The maximum atomic E-state index is 13.0. The molecular weight excluding hydrogens is 408 g/mol. The van der Waals surface area contributed by atoms with Crippen molar-refractivity contribution in [1.82, 2.24) is 14.5 Å². The lowest BCUT2D eigenvalue weighted by molar-refractivity contribution is 0.0491. The second-order valence-corrected chi connectivity index (χ2v) is 8.24. The average Bonchev–Trinajstić information content (AvgIpc) is 3.34. The first-order chi connectivity index (χ1) is 15.5. The fraction of sp³-hybridized carbons (Fsp3) is 0.292. The smallest absolute Gasteiger partial charge is 0.344 e. The molecule has 2 N–H and O–H groups in total. The molecule has 1 aliphatic heterocycles. The molecule has 5 rings (SSSR count). The van der Waals surface area contributed by atoms with Crippen molar-refractivity contribution in [1.29, 1.82) is 0 Å². The summed E-state index contributed by atoms with van der Waals surface area (Å²) in [5.41, 5.74) is 10.1. The van der Waals surface area contributed by atoms with Crippen LogP contribution in [0.2, 0.25) is 0 Å². The number of nitrogens with two attached hydrogens (primary N) is 1. The summed E-state index contributed by atoms with van der Waals surface area (Å²) in [5.74, 6) is 1.61. The minimum atomic E-state index is -0.484. The van der Waals surface area contributed by atoms with E-state index in [-0.39, 0.29) is 18.2 Å². The van der Waals surface area contributed by atoms with Crippen LogP contribution in [-0.4, -0.2) is 33.9 Å². The second kappa shape index (κ2) is 8.03. The molecule has 0 unspecified atom stereocenters. The third kappa shape index (κ3) is 3.57. The molecule has 8 nitrogen and oxygen atoms in total. The number of nitrogen functional groups attached to an aromatic ring is 1. The third-order valence-corrected chi connectivity index (χ3v) is 5.50. The van der Waals surface area contributed by atoms with E-state index in [2.05, 4.69) is 13.8 Å². The van der Waals surface area contributed by atoms with Crippen molar-refractivity contribution in [3.8, 4) is 11.5 Å². The standard InChI is InChI=1S/C24H24N4O4/c1-14(2)9-10-30-24(29)20-21-23(27-17-6-4-3-5-16(17)26-21)28(22(20)25)12-15-7-8-18-19(11-15)32-13-31-18/h3-8,11,14H,9-10,12-13,25H2,1-2H3. The zero-order chi connectivity index (χ0) is 22.2. The molecule has 2 aromatic heterocycles. The van der Waals surface area contributed by atoms with Crippen LogP contribution in [0.5, 0.6) is 11.5 Å². The molecule has 0 fully saturated rings. The van der Waals surface area contributed by atoms with Gasteiger partial charge in [0.2, 0.25) is 6.79 Å². The number of carbonyl (C=O) groups excluding carboxylic acids is 1. The third-order valence-electron chi connectivity index (χ3n) is 5.50. The predicted octanol–water partition coefficient (Wildman–Crippen LogP) is 4.15. The quantitative estimate of drug-likeness (QED) is 0.457. The Hall–Kier alpha value is -3.81. The maximum absolute atomic E-state index is 13.0. The number of benzene rings is 2. The Morgan fingerprint density at radius 2 is 1.88 bits per heavy atom. The first kappa shape index (κ1) is 20.1. The van der Waals surface area contributed by atoms with Gasteiger partial charge in [-0.25, -0.2) is 14.8 Å². The molecule has 0 bridgehead atoms. The zero-order valence-electron chi connectivity index (χ0n) is 18.0. The molecule has 0 spiro atoms. The summed E-state index contributed by atoms with van der Waals surface area (Å²) in [7, 11) is 0. The number of nitrogens with zero attached hydrogens (tertiary/aromatic N) is 3. The molecule has 32 heavy (non-hydrogen) atoms. The van der Waals surface area contributed by atoms with E-state index in [0.717, 1.165) is 17.5 Å². The summed E-state index contributed by atoms with van der Waals surface area (Å²) in [6.45, 7) is 5.09. The molecule has 8 heteroatoms. The van der Waals surface area contributed by atoms with Crippen LogP contribution in [0.25, 0.3) is 22.2 Å². The largest absolute Gasteiger partial charge is 0.462 e. The predicted molar refractivity (Wildman–Crippen MR) is 121 cm³/mol. The van der Waals surface area contributed by atoms with Gasteiger partial charge in [0.25, 0.3) is 0 Å². The number of hydrogen-bond acceptors (Lipinski definition) is 7. The minimum Gasteiger partial charge on any atom is -0.462 e. The normalized spacial score (nSPS) is 12.7. The lowest BCUT2D eigenvalue weighted by Crippen LogP contribution is -2.12. The van der Waals surface area contributed by atoms with Crippen LogP contribution in [0.15, 0.2) is 42.5 Å². The highest BCUT2D eigenvalue weighted by atomic mass is 16.7. The molecule has 3 heterocycles. The number of aromatic nitrogens is 3. The van der Waals surface area contributed by atoms with Crippen LogP contribution >= 0.6 is 0 Å². The van der Waals surface area contributed by atoms with Crippen LogP contribution in [-0.2, 0) is 11.3 Å². The number of anilines is 1. The summed E-state index contributed by atoms with van der Waals surface area (Å²) in [6.07, 6.45) is 0.774. The first-order valence-electron chi connectivity index (χ1n) is 10.6. The van der Waals surface area contributed by atoms with Crippen LogP contribution in [0.3, 0.4) is 0 Å². The van der Waals surface area contributed by atoms with E-state index in [1.807, 2.05) is 42.5 Å². The van der Waals surface area contributed by atoms with Crippen LogP contribution < -0.4 is 15.2 Å². The highest BCUT2D eigenvalue weighted by Gasteiger charge is 2.25. The van der Waals surface area contributed by atoms with Gasteiger partial charge in [0.15, 0.2) is 17.1 Å². The monoisotopic (exact) mass is 432 g/mol. The van der Waals surface area contributed by atoms with Gasteiger partial charge >= 0.3 is 5.97 Å². The molecule has 0 aliphatic carbocycles. The van der Waals surface area contributed by atoms with E-state index in [1.165, 1.54) is 0 Å². The number of fused-ring (bicyclic) bond motifs is 3. The molecule has 4 aromatic rings. The molecule has 0 saturated heterocycles. The van der Waals surface area contributed by atoms with Crippen molar-refractivity contribution in [2.75, 3.05) is 19.1 Å². The van der Waals surface area contributed by atoms with Crippen molar-refractivity contribution in [2.45, 2.75) is 26.8 Å². The number of esters is 1. The first-order valence-corrected chi connectivity index (χ1v) is 10.6. The second-order valence-electron chi connectivity index (χ2n) is 8.24. The summed E-state index contributed by atoms with van der Waals surface area (Å²) < 4.78 is 18.2. The van der Waals surface area contributed by atoms with Crippen LogP contribution in [0, 0.1) is 5.92 Å². The lowest BCUT2D eigenvalue weighted by atomic mass is 10.1. The Balaban J connectivity index is 1.60. The molecule has 0 amide bonds. The van der Waals surface area contributed by atoms with Crippen molar-refractivity contribution >= 4 is 34.0 Å². The van der Waals surface area contributed by atoms with Crippen molar-refractivity contribution in [3.05, 3.63) is 53.6 Å². The van der Waals surface area contributed by atoms with Crippen LogP contribution in [0.1, 0.15) is 36.2 Å². The molecule has 164 valence electrons. The fourth-order valence-electron chi connectivity index (χ4n) is 3.76. The van der Waals surface area contributed by atoms with E-state index < -0.39 is 5.97 Å². The number of carbonyl (C=O) groups is 1. The van der Waals surface area contributed by atoms with Crippen molar-refractivity contribution in [3.63, 3.8) is 0 Å². The zero-order valence-corrected chi connectivity index (χ0v) is 18.0. The Morgan fingerprint density at radius 3 is 2.66 bits per heavy atom. The Kier molecular flexibility index (Phi) is 5.05.